The van der Waals surface area contributed by atoms with E-state index in [1.807, 2.05) is 86.6 Å². The molecule has 6 nitrogen and oxygen atoms in total. The van der Waals surface area contributed by atoms with Crippen molar-refractivity contribution in [2.75, 3.05) is 14.2 Å². The number of methoxy groups -OCH3 is 2. The van der Waals surface area contributed by atoms with E-state index in [9.17, 15) is 9.59 Å². The van der Waals surface area contributed by atoms with Crippen LogP contribution in [0, 0.1) is 27.7 Å². The lowest BCUT2D eigenvalue weighted by Gasteiger charge is -2.21. The van der Waals surface area contributed by atoms with Crippen molar-refractivity contribution in [1.82, 2.24) is 10.6 Å². The number of hydrogen-bond acceptors (Lipinski definition) is 4. The number of fused-ring (bicyclic) bond motifs is 2. The highest BCUT2D eigenvalue weighted by Gasteiger charge is 2.24. The van der Waals surface area contributed by atoms with E-state index in [0.29, 0.717) is 22.6 Å². The summed E-state index contributed by atoms with van der Waals surface area (Å²) in [7, 11) is 3.27. The van der Waals surface area contributed by atoms with E-state index in [1.165, 1.54) is 16.5 Å². The Morgan fingerprint density at radius 2 is 0.779 bits per heavy atom. The van der Waals surface area contributed by atoms with Crippen molar-refractivity contribution in [1.29, 1.82) is 0 Å². The Hall–Kier alpha value is -7.96. The summed E-state index contributed by atoms with van der Waals surface area (Å²) in [4.78, 5) is 27.3. The van der Waals surface area contributed by atoms with Crippen molar-refractivity contribution in [3.8, 4) is 56.0 Å². The van der Waals surface area contributed by atoms with Gasteiger partial charge in [0.1, 0.15) is 11.5 Å². The summed E-state index contributed by atoms with van der Waals surface area (Å²) >= 11 is 0. The molecule has 2 atom stereocenters. The SMILES string of the molecule is COc1cc(C(=O)NC(C)c2ccccc2)cc(OC)c1-c1cccc2cccc(-c3ccc(-c4cccc5cccc(-c6c(C)cc(C(=O)NC(C)c7ccccc7)cc6C)c45)c(C)c3C)c12. The van der Waals surface area contributed by atoms with Gasteiger partial charge in [0.05, 0.1) is 31.9 Å². The van der Waals surface area contributed by atoms with Gasteiger partial charge in [-0.2, -0.15) is 0 Å². The lowest BCUT2D eigenvalue weighted by atomic mass is 9.83. The van der Waals surface area contributed by atoms with Crippen LogP contribution in [0.1, 0.15) is 80.0 Å². The van der Waals surface area contributed by atoms with E-state index >= 15 is 0 Å². The predicted octanol–water partition coefficient (Wildman–Crippen LogP) is 14.9. The zero-order valence-electron chi connectivity index (χ0n) is 40.0. The summed E-state index contributed by atoms with van der Waals surface area (Å²) in [5, 5.41) is 10.8. The second-order valence-electron chi connectivity index (χ2n) is 17.8. The molecule has 0 radical (unpaired) electrons. The molecule has 9 aromatic rings. The van der Waals surface area contributed by atoms with Gasteiger partial charge in [0.15, 0.2) is 0 Å². The third kappa shape index (κ3) is 8.50. The van der Waals surface area contributed by atoms with Gasteiger partial charge in [0.25, 0.3) is 11.8 Å². The monoisotopic (exact) mass is 892 g/mol. The second kappa shape index (κ2) is 19.1. The van der Waals surface area contributed by atoms with Gasteiger partial charge in [-0.05, 0) is 160 Å². The van der Waals surface area contributed by atoms with E-state index in [-0.39, 0.29) is 23.9 Å². The molecule has 0 fully saturated rings. The molecule has 0 aliphatic carbocycles. The normalized spacial score (nSPS) is 12.1. The first kappa shape index (κ1) is 45.2. The van der Waals surface area contributed by atoms with Gasteiger partial charge in [-0.25, -0.2) is 0 Å². The third-order valence-electron chi connectivity index (χ3n) is 13.6. The summed E-state index contributed by atoms with van der Waals surface area (Å²) < 4.78 is 12.2. The molecule has 68 heavy (non-hydrogen) atoms. The van der Waals surface area contributed by atoms with E-state index in [0.717, 1.165) is 82.9 Å². The van der Waals surface area contributed by atoms with Gasteiger partial charge in [0, 0.05) is 11.1 Å². The first-order valence-electron chi connectivity index (χ1n) is 23.2. The largest absolute Gasteiger partial charge is 0.496 e. The highest BCUT2D eigenvalue weighted by Crippen LogP contribution is 2.47. The number of amides is 2. The fraction of sp³-hybridized carbons (Fsp3) is 0.161. The van der Waals surface area contributed by atoms with Gasteiger partial charge < -0.3 is 20.1 Å². The van der Waals surface area contributed by atoms with E-state index in [1.54, 1.807) is 26.4 Å². The molecule has 0 aromatic heterocycles. The fourth-order valence-electron chi connectivity index (χ4n) is 9.99. The number of carbonyl (C=O) groups is 2. The molecule has 0 aliphatic heterocycles. The van der Waals surface area contributed by atoms with Crippen LogP contribution in [-0.4, -0.2) is 26.0 Å². The minimum absolute atomic E-state index is 0.0905. The van der Waals surface area contributed by atoms with Crippen LogP contribution in [0.4, 0.5) is 0 Å². The van der Waals surface area contributed by atoms with Crippen molar-refractivity contribution in [2.45, 2.75) is 53.6 Å². The molecule has 0 heterocycles. The average Bonchev–Trinajstić information content (AvgIpc) is 3.36. The first-order valence-corrected chi connectivity index (χ1v) is 23.2. The number of carbonyl (C=O) groups excluding carboxylic acids is 2. The van der Waals surface area contributed by atoms with Crippen LogP contribution in [0.2, 0.25) is 0 Å². The highest BCUT2D eigenvalue weighted by atomic mass is 16.5. The van der Waals surface area contributed by atoms with E-state index < -0.39 is 0 Å². The molecule has 9 rings (SSSR count). The maximum absolute atomic E-state index is 13.7. The van der Waals surface area contributed by atoms with Crippen LogP contribution in [0.15, 0.2) is 170 Å². The molecule has 0 saturated heterocycles. The molecule has 338 valence electrons. The Labute approximate surface area is 399 Å². The molecule has 0 saturated carbocycles. The van der Waals surface area contributed by atoms with Crippen molar-refractivity contribution >= 4 is 33.4 Å². The number of aryl methyl sites for hydroxylation is 2. The van der Waals surface area contributed by atoms with Crippen LogP contribution in [-0.2, 0) is 0 Å². The number of hydrogen-bond donors (Lipinski definition) is 2. The summed E-state index contributed by atoms with van der Waals surface area (Å²) in [6.45, 7) is 12.6. The van der Waals surface area contributed by atoms with E-state index in [4.69, 9.17) is 9.47 Å². The summed E-state index contributed by atoms with van der Waals surface area (Å²) in [6.07, 6.45) is 0. The summed E-state index contributed by atoms with van der Waals surface area (Å²) in [6, 6.07) is 57.6. The van der Waals surface area contributed by atoms with Crippen LogP contribution >= 0.6 is 0 Å². The van der Waals surface area contributed by atoms with Gasteiger partial charge >= 0.3 is 0 Å². The number of rotatable bonds is 12. The number of ether oxygens (including phenoxy) is 2. The van der Waals surface area contributed by atoms with Crippen molar-refractivity contribution in [2.24, 2.45) is 0 Å². The van der Waals surface area contributed by atoms with Crippen LogP contribution in [0.5, 0.6) is 11.5 Å². The Kier molecular flexibility index (Phi) is 12.7. The average molecular weight is 893 g/mol. The maximum Gasteiger partial charge on any atom is 0.252 e. The molecule has 0 aliphatic rings. The van der Waals surface area contributed by atoms with Crippen molar-refractivity contribution < 1.29 is 19.1 Å². The van der Waals surface area contributed by atoms with Crippen LogP contribution < -0.4 is 20.1 Å². The van der Waals surface area contributed by atoms with Crippen molar-refractivity contribution in [3.63, 3.8) is 0 Å². The second-order valence-corrected chi connectivity index (χ2v) is 17.8. The van der Waals surface area contributed by atoms with Crippen LogP contribution in [0.3, 0.4) is 0 Å². The summed E-state index contributed by atoms with van der Waals surface area (Å²) in [5.74, 6) is 0.775. The molecule has 2 N–H and O–H groups in total. The molecule has 2 unspecified atom stereocenters. The Morgan fingerprint density at radius 3 is 1.18 bits per heavy atom. The fourth-order valence-corrected chi connectivity index (χ4v) is 9.99. The highest BCUT2D eigenvalue weighted by molar-refractivity contribution is 6.11. The number of benzene rings is 9. The first-order chi connectivity index (χ1) is 33.0. The molecular weight excluding hydrogens is 837 g/mol. The lowest BCUT2D eigenvalue weighted by Crippen LogP contribution is -2.26. The molecule has 9 aromatic carbocycles. The van der Waals surface area contributed by atoms with Gasteiger partial charge in [0.2, 0.25) is 0 Å². The topological polar surface area (TPSA) is 76.7 Å². The molecular formula is C62H56N2O4. The number of nitrogens with one attached hydrogen (secondary N) is 2. The Bertz CT molecular complexity index is 3320. The third-order valence-corrected chi connectivity index (χ3v) is 13.6. The van der Waals surface area contributed by atoms with E-state index in [2.05, 4.69) is 123 Å². The Balaban J connectivity index is 1.11. The van der Waals surface area contributed by atoms with Crippen molar-refractivity contribution in [3.05, 3.63) is 214 Å². The molecule has 0 bridgehead atoms. The molecule has 0 spiro atoms. The van der Waals surface area contributed by atoms with Gasteiger partial charge in [-0.15, -0.1) is 0 Å². The molecule has 2 amide bonds. The maximum atomic E-state index is 13.7. The lowest BCUT2D eigenvalue weighted by molar-refractivity contribution is 0.0931. The quantitative estimate of drug-likeness (QED) is 0.128. The summed E-state index contributed by atoms with van der Waals surface area (Å²) in [5.41, 5.74) is 16.1. The van der Waals surface area contributed by atoms with Gasteiger partial charge in [-0.3, -0.25) is 9.59 Å². The molecule has 6 heteroatoms. The van der Waals surface area contributed by atoms with Crippen LogP contribution in [0.25, 0.3) is 66.1 Å². The zero-order chi connectivity index (χ0) is 47.6. The predicted molar refractivity (Wildman–Crippen MR) is 280 cm³/mol. The minimum Gasteiger partial charge on any atom is -0.496 e. The minimum atomic E-state index is -0.218. The van der Waals surface area contributed by atoms with Gasteiger partial charge in [-0.1, -0.05) is 146 Å². The zero-order valence-corrected chi connectivity index (χ0v) is 40.0. The standard InChI is InChI=1S/C62H56N2O4/c1-37-33-47(61(65)63-41(5)43-19-11-9-12-20-43)34-38(2)57(37)53-29-17-25-45-23-15-27-51(58(45)53)49-31-32-50(40(4)39(49)3)52-28-16-24-46-26-18-30-54(59(46)52)60-55(67-7)35-48(36-56(60)68-8)62(66)64-42(6)44-21-13-10-14-22-44/h9-36,41-42H,1-8H3,(H,63,65)(H,64,66). The smallest absolute Gasteiger partial charge is 0.252 e. The Morgan fingerprint density at radius 1 is 0.412 bits per heavy atom.